The zero-order chi connectivity index (χ0) is 22.7. The van der Waals surface area contributed by atoms with Crippen LogP contribution in [-0.4, -0.2) is 37.1 Å². The van der Waals surface area contributed by atoms with Crippen LogP contribution in [0.25, 0.3) is 21.8 Å². The van der Waals surface area contributed by atoms with Crippen molar-refractivity contribution in [3.63, 3.8) is 0 Å². The number of H-pyrrole nitrogens is 2. The summed E-state index contributed by atoms with van der Waals surface area (Å²) in [6, 6.07) is 19.8. The summed E-state index contributed by atoms with van der Waals surface area (Å²) in [5.74, 6) is 1.48. The van der Waals surface area contributed by atoms with Crippen LogP contribution in [0.5, 0.6) is 11.5 Å². The highest BCUT2D eigenvalue weighted by atomic mass is 16.5. The van der Waals surface area contributed by atoms with E-state index in [1.165, 1.54) is 0 Å². The van der Waals surface area contributed by atoms with Crippen molar-refractivity contribution >= 4 is 33.4 Å². The van der Waals surface area contributed by atoms with Gasteiger partial charge in [0.1, 0.15) is 16.9 Å². The number of hydrogen-bond acceptors (Lipinski definition) is 3. The lowest BCUT2D eigenvalue weighted by molar-refractivity contribution is -0.120. The maximum Gasteiger partial charge on any atom is 0.246 e. The second-order valence-electron chi connectivity index (χ2n) is 8.36. The predicted octanol–water partition coefficient (Wildman–Crippen LogP) is 4.98. The van der Waals surface area contributed by atoms with E-state index in [0.29, 0.717) is 0 Å². The van der Waals surface area contributed by atoms with Crippen molar-refractivity contribution in [2.75, 3.05) is 26.2 Å². The molecule has 0 saturated carbocycles. The highest BCUT2D eigenvalue weighted by Gasteiger charge is 2.54. The summed E-state index contributed by atoms with van der Waals surface area (Å²) in [5, 5.41) is 1.90. The number of methoxy groups -OCH3 is 2. The predicted molar refractivity (Wildman–Crippen MR) is 129 cm³/mol. The van der Waals surface area contributed by atoms with Crippen LogP contribution < -0.4 is 14.4 Å². The molecule has 3 heterocycles. The Morgan fingerprint density at radius 2 is 1.30 bits per heavy atom. The van der Waals surface area contributed by atoms with Crippen molar-refractivity contribution in [1.29, 1.82) is 0 Å². The molecule has 6 rings (SSSR count). The van der Waals surface area contributed by atoms with Crippen molar-refractivity contribution in [3.05, 3.63) is 89.7 Å². The normalized spacial score (nSPS) is 14.8. The van der Waals surface area contributed by atoms with Crippen molar-refractivity contribution in [2.24, 2.45) is 0 Å². The molecule has 0 atom stereocenters. The number of amides is 1. The number of para-hydroxylation sites is 1. The molecule has 6 nitrogen and oxygen atoms in total. The summed E-state index contributed by atoms with van der Waals surface area (Å²) in [6.07, 6.45) is 3.91. The average molecular weight is 437 g/mol. The van der Waals surface area contributed by atoms with Gasteiger partial charge in [0.05, 0.1) is 14.2 Å². The standard InChI is InChI=1S/C27H23N3O3/c1-30-25-7-5-4-6-20(25)27(26(30)31,21-14-28-23-10-8-16(32-2)12-18(21)23)22-15-29-24-11-9-17(33-3)13-19(22)24/h4-15,28-29H,1-3H3. The molecule has 0 radical (unpaired) electrons. The molecule has 164 valence electrons. The largest absolute Gasteiger partial charge is 0.497 e. The number of rotatable bonds is 4. The molecule has 1 amide bonds. The zero-order valence-electron chi connectivity index (χ0n) is 18.6. The van der Waals surface area contributed by atoms with Gasteiger partial charge in [0.2, 0.25) is 5.91 Å². The first-order chi connectivity index (χ1) is 16.1. The van der Waals surface area contributed by atoms with E-state index in [0.717, 1.165) is 55.7 Å². The van der Waals surface area contributed by atoms with Gasteiger partial charge in [-0.2, -0.15) is 0 Å². The summed E-state index contributed by atoms with van der Waals surface area (Å²) in [4.78, 5) is 22.8. The Morgan fingerprint density at radius 3 is 1.85 bits per heavy atom. The van der Waals surface area contributed by atoms with Crippen LogP contribution in [0, 0.1) is 0 Å². The van der Waals surface area contributed by atoms with Gasteiger partial charge in [0.15, 0.2) is 0 Å². The first kappa shape index (κ1) is 19.5. The SMILES string of the molecule is COc1ccc2[nH]cc(C3(c4c[nH]c5ccc(OC)cc45)C(=O)N(C)c4ccccc43)c2c1. The Kier molecular flexibility index (Phi) is 4.08. The minimum absolute atomic E-state index is 0.00357. The Labute approximate surface area is 190 Å². The number of nitrogens with one attached hydrogen (secondary N) is 2. The molecule has 0 fully saturated rings. The van der Waals surface area contributed by atoms with E-state index < -0.39 is 5.41 Å². The van der Waals surface area contributed by atoms with E-state index in [1.807, 2.05) is 74.0 Å². The third-order valence-electron chi connectivity index (χ3n) is 6.88. The number of ether oxygens (including phenoxy) is 2. The number of aromatic nitrogens is 2. The number of nitrogens with zero attached hydrogens (tertiary/aromatic N) is 1. The van der Waals surface area contributed by atoms with Gasteiger partial charge in [-0.05, 0) is 42.5 Å². The lowest BCUT2D eigenvalue weighted by Crippen LogP contribution is -2.40. The van der Waals surface area contributed by atoms with Crippen LogP contribution in [0.15, 0.2) is 73.1 Å². The first-order valence-corrected chi connectivity index (χ1v) is 10.8. The van der Waals surface area contributed by atoms with Crippen LogP contribution in [0.3, 0.4) is 0 Å². The fourth-order valence-electron chi connectivity index (χ4n) is 5.30. The molecular weight excluding hydrogens is 414 g/mol. The van der Waals surface area contributed by atoms with Crippen molar-refractivity contribution in [2.45, 2.75) is 5.41 Å². The molecule has 2 aromatic heterocycles. The van der Waals surface area contributed by atoms with Gasteiger partial charge in [0, 0.05) is 63.6 Å². The van der Waals surface area contributed by atoms with E-state index >= 15 is 0 Å². The second kappa shape index (κ2) is 6.90. The first-order valence-electron chi connectivity index (χ1n) is 10.8. The topological polar surface area (TPSA) is 70.4 Å². The van der Waals surface area contributed by atoms with Gasteiger partial charge < -0.3 is 24.3 Å². The van der Waals surface area contributed by atoms with Crippen LogP contribution in [0.2, 0.25) is 0 Å². The fourth-order valence-corrected chi connectivity index (χ4v) is 5.30. The Bertz CT molecular complexity index is 1460. The van der Waals surface area contributed by atoms with Crippen molar-refractivity contribution in [1.82, 2.24) is 9.97 Å². The third kappa shape index (κ3) is 2.46. The summed E-state index contributed by atoms with van der Waals surface area (Å²) in [7, 11) is 5.14. The smallest absolute Gasteiger partial charge is 0.246 e. The van der Waals surface area contributed by atoms with Gasteiger partial charge in [0.25, 0.3) is 0 Å². The van der Waals surface area contributed by atoms with E-state index in [9.17, 15) is 4.79 Å². The average Bonchev–Trinajstić information content (AvgIpc) is 3.53. The van der Waals surface area contributed by atoms with Crippen LogP contribution in [-0.2, 0) is 10.2 Å². The van der Waals surface area contributed by atoms with Gasteiger partial charge in [-0.25, -0.2) is 0 Å². The van der Waals surface area contributed by atoms with Gasteiger partial charge in [-0.15, -0.1) is 0 Å². The number of fused-ring (bicyclic) bond motifs is 3. The van der Waals surface area contributed by atoms with Crippen LogP contribution in [0.1, 0.15) is 16.7 Å². The van der Waals surface area contributed by atoms with E-state index in [2.05, 4.69) is 16.0 Å². The molecular formula is C27H23N3O3. The minimum Gasteiger partial charge on any atom is -0.497 e. The lowest BCUT2D eigenvalue weighted by atomic mass is 9.70. The number of likely N-dealkylation sites (N-methyl/N-ethyl adjacent to an activating group) is 1. The molecule has 0 aliphatic carbocycles. The highest BCUT2D eigenvalue weighted by Crippen LogP contribution is 2.53. The molecule has 1 aliphatic rings. The molecule has 1 aliphatic heterocycles. The molecule has 0 bridgehead atoms. The number of aromatic amines is 2. The maximum atomic E-state index is 14.3. The van der Waals surface area contributed by atoms with Crippen LogP contribution in [0.4, 0.5) is 5.69 Å². The fraction of sp³-hybridized carbons (Fsp3) is 0.148. The van der Waals surface area contributed by atoms with E-state index in [1.54, 1.807) is 19.1 Å². The van der Waals surface area contributed by atoms with Crippen molar-refractivity contribution in [3.8, 4) is 11.5 Å². The second-order valence-corrected chi connectivity index (χ2v) is 8.36. The highest BCUT2D eigenvalue weighted by molar-refractivity contribution is 6.16. The monoisotopic (exact) mass is 437 g/mol. The summed E-state index contributed by atoms with van der Waals surface area (Å²) in [6.45, 7) is 0. The molecule has 6 heteroatoms. The third-order valence-corrected chi connectivity index (χ3v) is 6.88. The minimum atomic E-state index is -1.04. The van der Waals surface area contributed by atoms with Crippen LogP contribution >= 0.6 is 0 Å². The summed E-state index contributed by atoms with van der Waals surface area (Å²) >= 11 is 0. The molecule has 2 N–H and O–H groups in total. The zero-order valence-corrected chi connectivity index (χ0v) is 18.6. The lowest BCUT2D eigenvalue weighted by Gasteiger charge is -2.28. The Morgan fingerprint density at radius 1 is 0.758 bits per heavy atom. The summed E-state index contributed by atoms with van der Waals surface area (Å²) in [5.41, 5.74) is 4.48. The Hall–Kier alpha value is -4.19. The van der Waals surface area contributed by atoms with Gasteiger partial charge in [-0.3, -0.25) is 4.79 Å². The molecule has 0 spiro atoms. The Balaban J connectivity index is 1.78. The molecule has 3 aromatic carbocycles. The number of benzene rings is 3. The number of carbonyl (C=O) groups excluding carboxylic acids is 1. The van der Waals surface area contributed by atoms with Gasteiger partial charge >= 0.3 is 0 Å². The van der Waals surface area contributed by atoms with E-state index in [4.69, 9.17) is 9.47 Å². The maximum absolute atomic E-state index is 14.3. The quantitative estimate of drug-likeness (QED) is 0.417. The molecule has 0 saturated heterocycles. The van der Waals surface area contributed by atoms with Crippen molar-refractivity contribution < 1.29 is 14.3 Å². The number of hydrogen-bond donors (Lipinski definition) is 2. The number of carbonyl (C=O) groups is 1. The van der Waals surface area contributed by atoms with Gasteiger partial charge in [-0.1, -0.05) is 18.2 Å². The summed E-state index contributed by atoms with van der Waals surface area (Å²) < 4.78 is 11.0. The molecule has 33 heavy (non-hydrogen) atoms. The molecule has 0 unspecified atom stereocenters. The number of anilines is 1. The molecule has 5 aromatic rings. The van der Waals surface area contributed by atoms with E-state index in [-0.39, 0.29) is 5.91 Å².